The standard InChI is InChI=1S/C33H44F2N4O6/c1-21(2)44-32(42)38-13-10-22(11-14-38)20-43-26-8-9-28(36-18-26)24-7-6-23(27(35)16-24)17-29(37-31(41)45-33(3,4)5)30(40)39-15-12-25(34)19-39/h6-9,16,18,21-22,25,29H,10-15,17,19-20H2,1-5H3,(H,37,41). The van der Waals surface area contributed by atoms with Crippen molar-refractivity contribution in [2.45, 2.75) is 84.2 Å². The number of hydrogen-bond donors (Lipinski definition) is 1. The molecule has 2 saturated heterocycles. The van der Waals surface area contributed by atoms with Gasteiger partial charge in [-0.3, -0.25) is 9.78 Å². The molecule has 0 saturated carbocycles. The Bertz CT molecular complexity index is 1330. The van der Waals surface area contributed by atoms with E-state index in [0.717, 1.165) is 12.8 Å². The van der Waals surface area contributed by atoms with Crippen molar-refractivity contribution in [3.63, 3.8) is 0 Å². The van der Waals surface area contributed by atoms with Crippen LogP contribution in [0.2, 0.25) is 0 Å². The molecular weight excluding hydrogens is 586 g/mol. The van der Waals surface area contributed by atoms with Crippen LogP contribution >= 0.6 is 0 Å². The highest BCUT2D eigenvalue weighted by molar-refractivity contribution is 5.86. The molecule has 2 aliphatic heterocycles. The van der Waals surface area contributed by atoms with E-state index in [4.69, 9.17) is 14.2 Å². The second-order valence-corrected chi connectivity index (χ2v) is 12.9. The number of hydrogen-bond acceptors (Lipinski definition) is 7. The van der Waals surface area contributed by atoms with E-state index in [1.807, 2.05) is 13.8 Å². The van der Waals surface area contributed by atoms with Crippen molar-refractivity contribution in [2.75, 3.05) is 32.8 Å². The molecule has 2 aliphatic rings. The summed E-state index contributed by atoms with van der Waals surface area (Å²) in [7, 11) is 0. The van der Waals surface area contributed by atoms with Crippen molar-refractivity contribution >= 4 is 18.1 Å². The van der Waals surface area contributed by atoms with Crippen LogP contribution in [0.1, 0.15) is 59.4 Å². The number of ether oxygens (including phenoxy) is 3. The predicted molar refractivity (Wildman–Crippen MR) is 164 cm³/mol. The Balaban J connectivity index is 1.35. The van der Waals surface area contributed by atoms with Gasteiger partial charge < -0.3 is 29.3 Å². The molecule has 246 valence electrons. The van der Waals surface area contributed by atoms with Gasteiger partial charge in [0.2, 0.25) is 5.91 Å². The highest BCUT2D eigenvalue weighted by Gasteiger charge is 2.33. The van der Waals surface area contributed by atoms with Crippen molar-refractivity contribution in [1.29, 1.82) is 0 Å². The van der Waals surface area contributed by atoms with E-state index >= 15 is 4.39 Å². The average Bonchev–Trinajstić information content (AvgIpc) is 3.41. The van der Waals surface area contributed by atoms with Crippen molar-refractivity contribution in [1.82, 2.24) is 20.1 Å². The van der Waals surface area contributed by atoms with E-state index in [9.17, 15) is 18.8 Å². The van der Waals surface area contributed by atoms with Gasteiger partial charge in [-0.2, -0.15) is 0 Å². The van der Waals surface area contributed by atoms with Gasteiger partial charge in [-0.15, -0.1) is 0 Å². The largest absolute Gasteiger partial charge is 0.492 e. The lowest BCUT2D eigenvalue weighted by atomic mass is 9.98. The van der Waals surface area contributed by atoms with Crippen LogP contribution in [0.3, 0.4) is 0 Å². The summed E-state index contributed by atoms with van der Waals surface area (Å²) in [6.07, 6.45) is 0.954. The summed E-state index contributed by atoms with van der Waals surface area (Å²) in [4.78, 5) is 45.3. The number of likely N-dealkylation sites (tertiary alicyclic amines) is 2. The van der Waals surface area contributed by atoms with E-state index in [1.165, 1.54) is 11.0 Å². The lowest BCUT2D eigenvalue weighted by Crippen LogP contribution is -2.50. The fourth-order valence-electron chi connectivity index (χ4n) is 5.29. The summed E-state index contributed by atoms with van der Waals surface area (Å²) in [6, 6.07) is 6.98. The maximum absolute atomic E-state index is 15.3. The molecule has 2 unspecified atom stereocenters. The summed E-state index contributed by atoms with van der Waals surface area (Å²) < 4.78 is 45.7. The maximum atomic E-state index is 15.3. The fourth-order valence-corrected chi connectivity index (χ4v) is 5.29. The number of amides is 3. The average molecular weight is 631 g/mol. The van der Waals surface area contributed by atoms with Crippen molar-refractivity contribution in [3.05, 3.63) is 47.9 Å². The highest BCUT2D eigenvalue weighted by atomic mass is 19.1. The number of halogens is 2. The maximum Gasteiger partial charge on any atom is 0.410 e. The Morgan fingerprint density at radius 2 is 1.76 bits per heavy atom. The molecule has 2 aromatic rings. The Kier molecular flexibility index (Phi) is 11.2. The van der Waals surface area contributed by atoms with Gasteiger partial charge in [0.25, 0.3) is 0 Å². The Morgan fingerprint density at radius 3 is 2.33 bits per heavy atom. The molecule has 0 radical (unpaired) electrons. The smallest absolute Gasteiger partial charge is 0.410 e. The third-order valence-electron chi connectivity index (χ3n) is 7.64. The van der Waals surface area contributed by atoms with Crippen LogP contribution in [0.25, 0.3) is 11.3 Å². The molecule has 10 nitrogen and oxygen atoms in total. The van der Waals surface area contributed by atoms with E-state index in [2.05, 4.69) is 10.3 Å². The number of alkyl carbamates (subject to hydrolysis) is 1. The van der Waals surface area contributed by atoms with Crippen LogP contribution in [0.15, 0.2) is 36.5 Å². The molecule has 0 spiro atoms. The van der Waals surface area contributed by atoms with Crippen LogP contribution in [-0.4, -0.2) is 89.6 Å². The summed E-state index contributed by atoms with van der Waals surface area (Å²) in [5.41, 5.74) is 0.493. The molecule has 45 heavy (non-hydrogen) atoms. The van der Waals surface area contributed by atoms with Gasteiger partial charge >= 0.3 is 12.2 Å². The van der Waals surface area contributed by atoms with Crippen molar-refractivity contribution < 1.29 is 37.4 Å². The molecule has 3 amide bonds. The van der Waals surface area contributed by atoms with Crippen molar-refractivity contribution in [2.24, 2.45) is 5.92 Å². The third kappa shape index (κ3) is 10.0. The van der Waals surface area contributed by atoms with Gasteiger partial charge in [-0.1, -0.05) is 12.1 Å². The molecule has 1 aromatic heterocycles. The molecule has 4 rings (SSSR count). The first-order valence-electron chi connectivity index (χ1n) is 15.5. The number of alkyl halides is 1. The van der Waals surface area contributed by atoms with Crippen LogP contribution in [0.5, 0.6) is 5.75 Å². The second-order valence-electron chi connectivity index (χ2n) is 12.9. The van der Waals surface area contributed by atoms with Crippen LogP contribution in [-0.2, 0) is 20.7 Å². The van der Waals surface area contributed by atoms with Gasteiger partial charge in [-0.25, -0.2) is 18.4 Å². The molecule has 1 aromatic carbocycles. The van der Waals surface area contributed by atoms with E-state index in [0.29, 0.717) is 42.6 Å². The molecule has 2 atom stereocenters. The number of rotatable bonds is 9. The monoisotopic (exact) mass is 630 g/mol. The quantitative estimate of drug-likeness (QED) is 0.388. The minimum Gasteiger partial charge on any atom is -0.492 e. The molecule has 0 bridgehead atoms. The van der Waals surface area contributed by atoms with Crippen LogP contribution in [0.4, 0.5) is 18.4 Å². The first kappa shape index (κ1) is 33.9. The lowest BCUT2D eigenvalue weighted by molar-refractivity contribution is -0.132. The summed E-state index contributed by atoms with van der Waals surface area (Å²) in [5.74, 6) is -0.156. The first-order chi connectivity index (χ1) is 21.3. The lowest BCUT2D eigenvalue weighted by Gasteiger charge is -2.31. The number of nitrogens with zero attached hydrogens (tertiary/aromatic N) is 3. The van der Waals surface area contributed by atoms with E-state index < -0.39 is 35.6 Å². The molecule has 3 heterocycles. The van der Waals surface area contributed by atoms with Gasteiger partial charge in [-0.05, 0) is 83.6 Å². The fraction of sp³-hybridized carbons (Fsp3) is 0.576. The molecule has 12 heteroatoms. The predicted octanol–water partition coefficient (Wildman–Crippen LogP) is 5.53. The number of aromatic nitrogens is 1. The highest BCUT2D eigenvalue weighted by Crippen LogP contribution is 2.25. The molecule has 1 N–H and O–H groups in total. The molecule has 0 aliphatic carbocycles. The SMILES string of the molecule is CC(C)OC(=O)N1CCC(COc2ccc(-c3ccc(CC(NC(=O)OC(C)(C)C)C(=O)N4CCC(F)C4)c(F)c3)nc2)CC1. The van der Waals surface area contributed by atoms with Crippen LogP contribution < -0.4 is 10.1 Å². The molecule has 2 fully saturated rings. The third-order valence-corrected chi connectivity index (χ3v) is 7.64. The summed E-state index contributed by atoms with van der Waals surface area (Å²) in [5, 5.41) is 2.55. The Labute approximate surface area is 263 Å². The minimum atomic E-state index is -1.13. The number of nitrogens with one attached hydrogen (secondary N) is 1. The Hall–Kier alpha value is -3.96. The summed E-state index contributed by atoms with van der Waals surface area (Å²) >= 11 is 0. The van der Waals surface area contributed by atoms with E-state index in [1.54, 1.807) is 56.1 Å². The van der Waals surface area contributed by atoms with Crippen molar-refractivity contribution in [3.8, 4) is 17.0 Å². The van der Waals surface area contributed by atoms with Gasteiger partial charge in [0.15, 0.2) is 0 Å². The number of benzene rings is 1. The summed E-state index contributed by atoms with van der Waals surface area (Å²) in [6.45, 7) is 10.7. The second kappa shape index (κ2) is 14.9. The zero-order valence-corrected chi connectivity index (χ0v) is 26.7. The topological polar surface area (TPSA) is 110 Å². The zero-order valence-electron chi connectivity index (χ0n) is 26.7. The van der Waals surface area contributed by atoms with Gasteiger partial charge in [0, 0.05) is 31.6 Å². The minimum absolute atomic E-state index is 0.0632. The Morgan fingerprint density at radius 1 is 1.04 bits per heavy atom. The van der Waals surface area contributed by atoms with Gasteiger partial charge in [0.05, 0.1) is 31.1 Å². The van der Waals surface area contributed by atoms with E-state index in [-0.39, 0.29) is 43.7 Å². The van der Waals surface area contributed by atoms with Crippen LogP contribution in [0, 0.1) is 11.7 Å². The number of carbonyl (C=O) groups is 3. The number of carbonyl (C=O) groups excluding carboxylic acids is 3. The number of pyridine rings is 1. The first-order valence-corrected chi connectivity index (χ1v) is 15.5. The number of piperidine rings is 1. The van der Waals surface area contributed by atoms with Gasteiger partial charge in [0.1, 0.15) is 29.4 Å². The zero-order chi connectivity index (χ0) is 32.7. The normalized spacial score (nSPS) is 18.1. The molecular formula is C33H44F2N4O6.